The second kappa shape index (κ2) is 8.78. The molecule has 1 aromatic rings. The summed E-state index contributed by atoms with van der Waals surface area (Å²) in [6, 6.07) is 6.53. The van der Waals surface area contributed by atoms with Crippen molar-refractivity contribution in [1.82, 2.24) is 9.62 Å². The molecule has 1 saturated carbocycles. The van der Waals surface area contributed by atoms with Gasteiger partial charge in [-0.15, -0.1) is 0 Å². The first kappa shape index (κ1) is 19.9. The van der Waals surface area contributed by atoms with E-state index in [0.29, 0.717) is 19.0 Å². The number of nitrogens with zero attached hydrogens (tertiary/aromatic N) is 1. The SMILES string of the molecule is CN(C)CCNS(=O)(=O)c1ccc(C(CC2CCCC2)C(N)=O)cc1. The summed E-state index contributed by atoms with van der Waals surface area (Å²) in [6.07, 6.45) is 5.47. The van der Waals surface area contributed by atoms with Crippen LogP contribution in [0, 0.1) is 5.92 Å². The van der Waals surface area contributed by atoms with Crippen molar-refractivity contribution < 1.29 is 13.2 Å². The number of primary amides is 1. The Hall–Kier alpha value is -1.44. The zero-order valence-electron chi connectivity index (χ0n) is 15.1. The predicted octanol–water partition coefficient (Wildman–Crippen LogP) is 1.68. The highest BCUT2D eigenvalue weighted by Crippen LogP contribution is 2.34. The number of benzene rings is 1. The van der Waals surface area contributed by atoms with Gasteiger partial charge in [0, 0.05) is 13.1 Å². The molecule has 1 aliphatic carbocycles. The zero-order chi connectivity index (χ0) is 18.4. The van der Waals surface area contributed by atoms with Crippen LogP contribution in [-0.2, 0) is 14.8 Å². The Morgan fingerprint density at radius 1 is 1.24 bits per heavy atom. The summed E-state index contributed by atoms with van der Waals surface area (Å²) in [7, 11) is 0.239. The van der Waals surface area contributed by atoms with Crippen molar-refractivity contribution in [2.24, 2.45) is 11.7 Å². The molecular weight excluding hydrogens is 338 g/mol. The van der Waals surface area contributed by atoms with Crippen molar-refractivity contribution in [3.8, 4) is 0 Å². The van der Waals surface area contributed by atoms with E-state index in [1.807, 2.05) is 19.0 Å². The standard InChI is InChI=1S/C18H29N3O3S/c1-21(2)12-11-20-25(23,24)16-9-7-15(8-10-16)17(18(19)22)13-14-5-3-4-6-14/h7-10,14,17,20H,3-6,11-13H2,1-2H3,(H2,19,22). The number of carbonyl (C=O) groups excluding carboxylic acids is 1. The van der Waals surface area contributed by atoms with Crippen molar-refractivity contribution in [2.75, 3.05) is 27.2 Å². The number of likely N-dealkylation sites (N-methyl/N-ethyl adjacent to an activating group) is 1. The Kier molecular flexibility index (Phi) is 6.98. The second-order valence-corrected chi connectivity index (χ2v) is 8.88. The summed E-state index contributed by atoms with van der Waals surface area (Å²) in [5.41, 5.74) is 6.39. The van der Waals surface area contributed by atoms with E-state index < -0.39 is 10.0 Å². The quantitative estimate of drug-likeness (QED) is 0.694. The highest BCUT2D eigenvalue weighted by molar-refractivity contribution is 7.89. The lowest BCUT2D eigenvalue weighted by molar-refractivity contribution is -0.119. The Bertz CT molecular complexity index is 665. The summed E-state index contributed by atoms with van der Waals surface area (Å²) >= 11 is 0. The number of sulfonamides is 1. The molecular formula is C18H29N3O3S. The predicted molar refractivity (Wildman–Crippen MR) is 98.7 cm³/mol. The van der Waals surface area contributed by atoms with Crippen LogP contribution in [0.2, 0.25) is 0 Å². The normalized spacial score (nSPS) is 17.1. The van der Waals surface area contributed by atoms with Crippen LogP contribution in [0.1, 0.15) is 43.6 Å². The summed E-state index contributed by atoms with van der Waals surface area (Å²) < 4.78 is 27.1. The minimum atomic E-state index is -3.53. The summed E-state index contributed by atoms with van der Waals surface area (Å²) in [4.78, 5) is 14.0. The lowest BCUT2D eigenvalue weighted by atomic mass is 9.87. The van der Waals surface area contributed by atoms with Gasteiger partial charge in [-0.1, -0.05) is 37.8 Å². The van der Waals surface area contributed by atoms with Gasteiger partial charge in [-0.05, 0) is 44.1 Å². The maximum Gasteiger partial charge on any atom is 0.240 e. The molecule has 3 N–H and O–H groups in total. The third kappa shape index (κ3) is 5.80. The van der Waals surface area contributed by atoms with Crippen LogP contribution < -0.4 is 10.5 Å². The second-order valence-electron chi connectivity index (χ2n) is 7.11. The lowest BCUT2D eigenvalue weighted by Gasteiger charge is -2.18. The zero-order valence-corrected chi connectivity index (χ0v) is 15.9. The fraction of sp³-hybridized carbons (Fsp3) is 0.611. The topological polar surface area (TPSA) is 92.5 Å². The van der Waals surface area contributed by atoms with Gasteiger partial charge in [0.05, 0.1) is 10.8 Å². The molecule has 25 heavy (non-hydrogen) atoms. The Balaban J connectivity index is 2.07. The summed E-state index contributed by atoms with van der Waals surface area (Å²) in [5.74, 6) is -0.151. The van der Waals surface area contributed by atoms with Crippen molar-refractivity contribution in [3.63, 3.8) is 0 Å². The number of nitrogens with one attached hydrogen (secondary N) is 1. The number of nitrogens with two attached hydrogens (primary N) is 1. The van der Waals surface area contributed by atoms with Gasteiger partial charge in [0.25, 0.3) is 0 Å². The molecule has 0 aliphatic heterocycles. The average molecular weight is 368 g/mol. The summed E-state index contributed by atoms with van der Waals surface area (Å²) in [5, 5.41) is 0. The molecule has 0 aromatic heterocycles. The van der Waals surface area contributed by atoms with Gasteiger partial charge in [0.1, 0.15) is 0 Å². The number of hydrogen-bond acceptors (Lipinski definition) is 4. The van der Waals surface area contributed by atoms with Crippen LogP contribution in [0.25, 0.3) is 0 Å². The minimum Gasteiger partial charge on any atom is -0.369 e. The van der Waals surface area contributed by atoms with Crippen molar-refractivity contribution in [1.29, 1.82) is 0 Å². The minimum absolute atomic E-state index is 0.207. The van der Waals surface area contributed by atoms with Gasteiger partial charge in [-0.2, -0.15) is 0 Å². The van der Waals surface area contributed by atoms with Crippen LogP contribution in [-0.4, -0.2) is 46.4 Å². The molecule has 2 rings (SSSR count). The molecule has 0 heterocycles. The van der Waals surface area contributed by atoms with Gasteiger partial charge in [-0.25, -0.2) is 13.1 Å². The van der Waals surface area contributed by atoms with E-state index >= 15 is 0 Å². The number of hydrogen-bond donors (Lipinski definition) is 2. The lowest BCUT2D eigenvalue weighted by Crippen LogP contribution is -2.31. The van der Waals surface area contributed by atoms with Crippen molar-refractivity contribution >= 4 is 15.9 Å². The van der Waals surface area contributed by atoms with E-state index in [1.165, 1.54) is 12.8 Å². The van der Waals surface area contributed by atoms with Gasteiger partial charge in [0.15, 0.2) is 0 Å². The van der Waals surface area contributed by atoms with Crippen molar-refractivity contribution in [2.45, 2.75) is 42.9 Å². The monoisotopic (exact) mass is 367 g/mol. The number of carbonyl (C=O) groups is 1. The highest BCUT2D eigenvalue weighted by atomic mass is 32.2. The molecule has 1 aromatic carbocycles. The fourth-order valence-corrected chi connectivity index (χ4v) is 4.38. The molecule has 1 fully saturated rings. The van der Waals surface area contributed by atoms with E-state index in [1.54, 1.807) is 24.3 Å². The molecule has 1 atom stereocenters. The highest BCUT2D eigenvalue weighted by Gasteiger charge is 2.25. The third-order valence-corrected chi connectivity index (χ3v) is 6.31. The maximum atomic E-state index is 12.3. The Labute approximate surface area is 150 Å². The molecule has 0 spiro atoms. The van der Waals surface area contributed by atoms with Gasteiger partial charge in [-0.3, -0.25) is 4.79 Å². The molecule has 0 bridgehead atoms. The van der Waals surface area contributed by atoms with Crippen LogP contribution in [0.4, 0.5) is 0 Å². The van der Waals surface area contributed by atoms with Crippen LogP contribution in [0.5, 0.6) is 0 Å². The molecule has 1 aliphatic rings. The first-order valence-corrected chi connectivity index (χ1v) is 10.3. The Morgan fingerprint density at radius 2 is 1.84 bits per heavy atom. The fourth-order valence-electron chi connectivity index (χ4n) is 3.36. The molecule has 7 heteroatoms. The van der Waals surface area contributed by atoms with Gasteiger partial charge in [0.2, 0.25) is 15.9 Å². The molecule has 0 radical (unpaired) electrons. The Morgan fingerprint density at radius 3 is 2.36 bits per heavy atom. The smallest absolute Gasteiger partial charge is 0.240 e. The number of rotatable bonds is 9. The van der Waals surface area contributed by atoms with Crippen LogP contribution in [0.15, 0.2) is 29.2 Å². The molecule has 1 unspecified atom stereocenters. The van der Waals surface area contributed by atoms with E-state index in [4.69, 9.17) is 5.73 Å². The first-order chi connectivity index (χ1) is 11.8. The van der Waals surface area contributed by atoms with E-state index in [2.05, 4.69) is 4.72 Å². The maximum absolute atomic E-state index is 12.3. The first-order valence-electron chi connectivity index (χ1n) is 8.83. The molecule has 6 nitrogen and oxygen atoms in total. The van der Waals surface area contributed by atoms with Gasteiger partial charge < -0.3 is 10.6 Å². The van der Waals surface area contributed by atoms with E-state index in [9.17, 15) is 13.2 Å². The molecule has 0 saturated heterocycles. The molecule has 140 valence electrons. The largest absolute Gasteiger partial charge is 0.369 e. The van der Waals surface area contributed by atoms with Crippen LogP contribution >= 0.6 is 0 Å². The molecule has 1 amide bonds. The summed E-state index contributed by atoms with van der Waals surface area (Å²) in [6.45, 7) is 0.977. The van der Waals surface area contributed by atoms with Gasteiger partial charge >= 0.3 is 0 Å². The van der Waals surface area contributed by atoms with E-state index in [0.717, 1.165) is 24.8 Å². The van der Waals surface area contributed by atoms with Crippen molar-refractivity contribution in [3.05, 3.63) is 29.8 Å². The average Bonchev–Trinajstić information content (AvgIpc) is 3.05. The number of amides is 1. The third-order valence-electron chi connectivity index (χ3n) is 4.83. The van der Waals surface area contributed by atoms with E-state index in [-0.39, 0.29) is 16.7 Å². The van der Waals surface area contributed by atoms with Crippen LogP contribution in [0.3, 0.4) is 0 Å².